The number of aryl methyl sites for hydroxylation is 1. The summed E-state index contributed by atoms with van der Waals surface area (Å²) >= 11 is 0. The van der Waals surface area contributed by atoms with Gasteiger partial charge in [-0.15, -0.1) is 0 Å². The molecule has 1 aromatic heterocycles. The van der Waals surface area contributed by atoms with E-state index in [9.17, 15) is 0 Å². The molecule has 0 bridgehead atoms. The molecule has 0 spiro atoms. The van der Waals surface area contributed by atoms with Crippen LogP contribution in [0.2, 0.25) is 0 Å². The third kappa shape index (κ3) is 3.13. The zero-order valence-electron chi connectivity index (χ0n) is 11.0. The topological polar surface area (TPSA) is 54.4 Å². The Kier molecular flexibility index (Phi) is 4.81. The van der Waals surface area contributed by atoms with E-state index in [4.69, 9.17) is 9.84 Å². The Hall–Kier alpha value is -1.29. The van der Waals surface area contributed by atoms with Crippen molar-refractivity contribution in [1.29, 1.82) is 0 Å². The van der Waals surface area contributed by atoms with Crippen LogP contribution < -0.4 is 10.1 Å². The van der Waals surface area contributed by atoms with Gasteiger partial charge in [-0.25, -0.2) is 4.98 Å². The Balaban J connectivity index is 2.06. The number of anilines is 1. The standard InChI is InChI=1S/C14H22N2O2/c1-18-13-10-11(6-3-2-4-9-17)16-14-12(13)7-5-8-15-14/h10,17H,2-9H2,1H3,(H,15,16). The third-order valence-corrected chi connectivity index (χ3v) is 3.34. The molecular weight excluding hydrogens is 228 g/mol. The van der Waals surface area contributed by atoms with Gasteiger partial charge in [0.1, 0.15) is 11.6 Å². The largest absolute Gasteiger partial charge is 0.496 e. The molecule has 2 rings (SSSR count). The number of nitrogens with one attached hydrogen (secondary N) is 1. The zero-order chi connectivity index (χ0) is 12.8. The van der Waals surface area contributed by atoms with Gasteiger partial charge in [0.15, 0.2) is 0 Å². The van der Waals surface area contributed by atoms with Gasteiger partial charge >= 0.3 is 0 Å². The average molecular weight is 250 g/mol. The van der Waals surface area contributed by atoms with Crippen LogP contribution in [-0.2, 0) is 12.8 Å². The second-order valence-corrected chi connectivity index (χ2v) is 4.71. The van der Waals surface area contributed by atoms with Gasteiger partial charge in [-0.3, -0.25) is 0 Å². The molecule has 0 amide bonds. The number of hydrogen-bond acceptors (Lipinski definition) is 4. The molecule has 2 N–H and O–H groups in total. The Morgan fingerprint density at radius 2 is 2.28 bits per heavy atom. The summed E-state index contributed by atoms with van der Waals surface area (Å²) in [5.41, 5.74) is 2.29. The lowest BCUT2D eigenvalue weighted by Gasteiger charge is -2.20. The summed E-state index contributed by atoms with van der Waals surface area (Å²) in [7, 11) is 1.72. The highest BCUT2D eigenvalue weighted by Crippen LogP contribution is 2.30. The summed E-state index contributed by atoms with van der Waals surface area (Å²) in [6.45, 7) is 1.28. The van der Waals surface area contributed by atoms with E-state index in [0.717, 1.165) is 62.3 Å². The molecule has 4 nitrogen and oxygen atoms in total. The first kappa shape index (κ1) is 13.1. The number of fused-ring (bicyclic) bond motifs is 1. The van der Waals surface area contributed by atoms with Crippen LogP contribution in [0.3, 0.4) is 0 Å². The Morgan fingerprint density at radius 3 is 3.06 bits per heavy atom. The van der Waals surface area contributed by atoms with Gasteiger partial charge in [-0.2, -0.15) is 0 Å². The van der Waals surface area contributed by atoms with Crippen molar-refractivity contribution in [2.45, 2.75) is 38.5 Å². The predicted octanol–water partition coefficient (Wildman–Crippen LogP) is 2.15. The third-order valence-electron chi connectivity index (χ3n) is 3.34. The van der Waals surface area contributed by atoms with Crippen LogP contribution in [0.25, 0.3) is 0 Å². The van der Waals surface area contributed by atoms with Crippen LogP contribution in [0, 0.1) is 0 Å². The highest BCUT2D eigenvalue weighted by atomic mass is 16.5. The van der Waals surface area contributed by atoms with Crippen molar-refractivity contribution in [3.63, 3.8) is 0 Å². The maximum atomic E-state index is 8.76. The average Bonchev–Trinajstić information content (AvgIpc) is 2.42. The normalized spacial score (nSPS) is 13.9. The van der Waals surface area contributed by atoms with Crippen LogP contribution in [0.5, 0.6) is 5.75 Å². The SMILES string of the molecule is COc1cc(CCCCCO)nc2c1CCCN2. The highest BCUT2D eigenvalue weighted by Gasteiger charge is 2.16. The van der Waals surface area contributed by atoms with Crippen molar-refractivity contribution in [2.24, 2.45) is 0 Å². The molecule has 2 heterocycles. The molecule has 0 fully saturated rings. The molecule has 18 heavy (non-hydrogen) atoms. The number of aliphatic hydroxyl groups is 1. The number of hydrogen-bond donors (Lipinski definition) is 2. The quantitative estimate of drug-likeness (QED) is 0.760. The van der Waals surface area contributed by atoms with Crippen molar-refractivity contribution in [2.75, 3.05) is 25.6 Å². The minimum atomic E-state index is 0.280. The number of ether oxygens (including phenoxy) is 1. The molecule has 4 heteroatoms. The van der Waals surface area contributed by atoms with E-state index < -0.39 is 0 Å². The fourth-order valence-electron chi connectivity index (χ4n) is 2.36. The second kappa shape index (κ2) is 6.59. The second-order valence-electron chi connectivity index (χ2n) is 4.71. The predicted molar refractivity (Wildman–Crippen MR) is 72.2 cm³/mol. The summed E-state index contributed by atoms with van der Waals surface area (Å²) < 4.78 is 5.46. The molecule has 0 saturated heterocycles. The number of rotatable bonds is 6. The molecule has 0 saturated carbocycles. The van der Waals surface area contributed by atoms with Crippen molar-refractivity contribution >= 4 is 5.82 Å². The first-order valence-corrected chi connectivity index (χ1v) is 6.76. The van der Waals surface area contributed by atoms with Gasteiger partial charge in [-0.1, -0.05) is 6.42 Å². The maximum absolute atomic E-state index is 8.76. The Labute approximate surface area is 108 Å². The van der Waals surface area contributed by atoms with E-state index in [2.05, 4.69) is 16.4 Å². The number of aromatic nitrogens is 1. The van der Waals surface area contributed by atoms with E-state index in [1.54, 1.807) is 7.11 Å². The van der Waals surface area contributed by atoms with Crippen LogP contribution in [0.1, 0.15) is 36.9 Å². The minimum Gasteiger partial charge on any atom is -0.496 e. The number of aliphatic hydroxyl groups excluding tert-OH is 1. The van der Waals surface area contributed by atoms with Gasteiger partial charge < -0.3 is 15.2 Å². The van der Waals surface area contributed by atoms with E-state index in [0.29, 0.717) is 0 Å². The number of pyridine rings is 1. The Morgan fingerprint density at radius 1 is 1.39 bits per heavy atom. The van der Waals surface area contributed by atoms with Crippen LogP contribution in [0.15, 0.2) is 6.07 Å². The van der Waals surface area contributed by atoms with E-state index >= 15 is 0 Å². The minimum absolute atomic E-state index is 0.280. The smallest absolute Gasteiger partial charge is 0.133 e. The molecule has 0 aliphatic carbocycles. The van der Waals surface area contributed by atoms with Gasteiger partial charge in [0.25, 0.3) is 0 Å². The fourth-order valence-corrected chi connectivity index (χ4v) is 2.36. The maximum Gasteiger partial charge on any atom is 0.133 e. The van der Waals surface area contributed by atoms with E-state index in [1.165, 1.54) is 5.56 Å². The molecule has 100 valence electrons. The Bertz CT molecular complexity index is 376. The van der Waals surface area contributed by atoms with Crippen molar-refractivity contribution in [1.82, 2.24) is 4.98 Å². The molecule has 0 aromatic carbocycles. The highest BCUT2D eigenvalue weighted by molar-refractivity contribution is 5.54. The molecule has 1 aliphatic rings. The molecule has 0 atom stereocenters. The summed E-state index contributed by atoms with van der Waals surface area (Å²) in [5, 5.41) is 12.1. The molecule has 1 aliphatic heterocycles. The van der Waals surface area contributed by atoms with Crippen LogP contribution >= 0.6 is 0 Å². The van der Waals surface area contributed by atoms with Crippen LogP contribution in [0.4, 0.5) is 5.82 Å². The van der Waals surface area contributed by atoms with Gasteiger partial charge in [0.05, 0.1) is 7.11 Å². The molecule has 1 aromatic rings. The molecule has 0 unspecified atom stereocenters. The number of methoxy groups -OCH3 is 1. The lowest BCUT2D eigenvalue weighted by Crippen LogP contribution is -2.15. The van der Waals surface area contributed by atoms with Gasteiger partial charge in [-0.05, 0) is 32.1 Å². The monoisotopic (exact) mass is 250 g/mol. The fraction of sp³-hybridized carbons (Fsp3) is 0.643. The van der Waals surface area contributed by atoms with Crippen LogP contribution in [-0.4, -0.2) is 30.4 Å². The van der Waals surface area contributed by atoms with Crippen molar-refractivity contribution in [3.8, 4) is 5.75 Å². The lowest BCUT2D eigenvalue weighted by atomic mass is 10.0. The lowest BCUT2D eigenvalue weighted by molar-refractivity contribution is 0.283. The summed E-state index contributed by atoms with van der Waals surface area (Å²) in [6, 6.07) is 2.06. The molecular formula is C14H22N2O2. The van der Waals surface area contributed by atoms with Crippen molar-refractivity contribution in [3.05, 3.63) is 17.3 Å². The summed E-state index contributed by atoms with van der Waals surface area (Å²) in [6.07, 6.45) is 6.12. The van der Waals surface area contributed by atoms with E-state index in [1.807, 2.05) is 0 Å². The number of unbranched alkanes of at least 4 members (excludes halogenated alkanes) is 2. The zero-order valence-corrected chi connectivity index (χ0v) is 11.0. The van der Waals surface area contributed by atoms with E-state index in [-0.39, 0.29) is 6.61 Å². The van der Waals surface area contributed by atoms with Gasteiger partial charge in [0.2, 0.25) is 0 Å². The van der Waals surface area contributed by atoms with Gasteiger partial charge in [0, 0.05) is 30.5 Å². The summed E-state index contributed by atoms with van der Waals surface area (Å²) in [5.74, 6) is 1.96. The molecule has 0 radical (unpaired) electrons. The van der Waals surface area contributed by atoms with Crippen molar-refractivity contribution < 1.29 is 9.84 Å². The summed E-state index contributed by atoms with van der Waals surface area (Å²) in [4.78, 5) is 4.67. The first-order chi connectivity index (χ1) is 8.85. The first-order valence-electron chi connectivity index (χ1n) is 6.76. The number of nitrogens with zero attached hydrogens (tertiary/aromatic N) is 1.